The van der Waals surface area contributed by atoms with Crippen molar-refractivity contribution in [1.29, 1.82) is 0 Å². The third kappa shape index (κ3) is 2.35. The van der Waals surface area contributed by atoms with E-state index in [0.29, 0.717) is 40.1 Å². The largest absolute Gasteiger partial charge is 0.377 e. The van der Waals surface area contributed by atoms with E-state index in [1.54, 1.807) is 0 Å². The van der Waals surface area contributed by atoms with Crippen molar-refractivity contribution in [1.82, 2.24) is 15.5 Å². The van der Waals surface area contributed by atoms with Crippen molar-refractivity contribution in [2.75, 3.05) is 6.61 Å². The highest BCUT2D eigenvalue weighted by Gasteiger charge is 2.67. The van der Waals surface area contributed by atoms with Gasteiger partial charge in [0.15, 0.2) is 0 Å². The smallest absolute Gasteiger partial charge is 0.259 e. The lowest BCUT2D eigenvalue weighted by Crippen LogP contribution is -2.71. The molecule has 0 bridgehead atoms. The summed E-state index contributed by atoms with van der Waals surface area (Å²) in [5, 5.41) is 8.12. The summed E-state index contributed by atoms with van der Waals surface area (Å²) < 4.78 is 11.4. The van der Waals surface area contributed by atoms with Gasteiger partial charge in [-0.1, -0.05) is 41.9 Å². The van der Waals surface area contributed by atoms with Gasteiger partial charge in [-0.05, 0) is 32.3 Å². The molecule has 1 saturated heterocycles. The van der Waals surface area contributed by atoms with E-state index in [1.165, 1.54) is 6.42 Å². The minimum Gasteiger partial charge on any atom is -0.377 e. The number of pyridine rings is 1. The molecule has 3 fully saturated rings. The Hall–Kier alpha value is -2.73. The topological polar surface area (TPSA) is 77.2 Å². The summed E-state index contributed by atoms with van der Waals surface area (Å²) in [4.78, 5) is 18.1. The number of carbonyl (C=O) groups is 1. The zero-order chi connectivity index (χ0) is 19.6. The second-order valence-electron chi connectivity index (χ2n) is 8.65. The van der Waals surface area contributed by atoms with Gasteiger partial charge in [0.1, 0.15) is 0 Å². The van der Waals surface area contributed by atoms with E-state index in [4.69, 9.17) is 9.26 Å². The van der Waals surface area contributed by atoms with Crippen molar-refractivity contribution in [2.45, 2.75) is 44.8 Å². The highest BCUT2D eigenvalue weighted by Crippen LogP contribution is 2.62. The normalized spacial score (nSPS) is 26.7. The molecule has 1 aliphatic heterocycles. The van der Waals surface area contributed by atoms with Gasteiger partial charge < -0.3 is 14.6 Å². The van der Waals surface area contributed by atoms with E-state index in [0.717, 1.165) is 31.4 Å². The van der Waals surface area contributed by atoms with Gasteiger partial charge in [0.25, 0.3) is 11.6 Å². The number of amides is 1. The number of fused-ring (bicyclic) bond motifs is 3. The van der Waals surface area contributed by atoms with Crippen molar-refractivity contribution in [2.24, 2.45) is 11.3 Å². The molecule has 3 heterocycles. The number of nitrogens with one attached hydrogen (secondary N) is 1. The van der Waals surface area contributed by atoms with E-state index < -0.39 is 0 Å². The number of nitrogens with zero attached hydrogens (tertiary/aromatic N) is 2. The molecular weight excluding hydrogens is 366 g/mol. The molecule has 3 atom stereocenters. The lowest BCUT2D eigenvalue weighted by Gasteiger charge is -2.63. The monoisotopic (exact) mass is 389 g/mol. The van der Waals surface area contributed by atoms with Crippen molar-refractivity contribution in [3.05, 3.63) is 47.7 Å². The number of carbonyl (C=O) groups excluding carboxylic acids is 1. The second-order valence-corrected chi connectivity index (χ2v) is 8.65. The van der Waals surface area contributed by atoms with Crippen LogP contribution in [-0.4, -0.2) is 34.8 Å². The Kier molecular flexibility index (Phi) is 3.63. The van der Waals surface area contributed by atoms with Crippen LogP contribution in [0.4, 0.5) is 0 Å². The highest BCUT2D eigenvalue weighted by atomic mass is 16.5. The molecular formula is C23H23N3O3. The van der Waals surface area contributed by atoms with Crippen LogP contribution in [0, 0.1) is 18.3 Å². The van der Waals surface area contributed by atoms with Crippen molar-refractivity contribution < 1.29 is 14.1 Å². The minimum absolute atomic E-state index is 0.0671. The summed E-state index contributed by atoms with van der Waals surface area (Å²) in [6, 6.07) is 11.9. The molecule has 1 amide bonds. The maximum atomic E-state index is 13.5. The van der Waals surface area contributed by atoms with Gasteiger partial charge in [-0.2, -0.15) is 0 Å². The predicted molar refractivity (Wildman–Crippen MR) is 107 cm³/mol. The van der Waals surface area contributed by atoms with E-state index in [2.05, 4.69) is 15.5 Å². The van der Waals surface area contributed by atoms with Gasteiger partial charge in [0.2, 0.25) is 0 Å². The third-order valence-electron chi connectivity index (χ3n) is 7.25. The maximum Gasteiger partial charge on any atom is 0.259 e. The quantitative estimate of drug-likeness (QED) is 0.735. The predicted octanol–water partition coefficient (Wildman–Crippen LogP) is 3.89. The van der Waals surface area contributed by atoms with Gasteiger partial charge in [-0.25, -0.2) is 4.98 Å². The molecule has 3 aliphatic rings. The summed E-state index contributed by atoms with van der Waals surface area (Å²) in [5.74, 6) is 0.372. The first-order valence-corrected chi connectivity index (χ1v) is 10.4. The zero-order valence-corrected chi connectivity index (χ0v) is 16.4. The third-order valence-corrected chi connectivity index (χ3v) is 7.25. The summed E-state index contributed by atoms with van der Waals surface area (Å²) in [5.41, 5.74) is 3.49. The van der Waals surface area contributed by atoms with E-state index in [1.807, 2.05) is 43.3 Å². The second kappa shape index (κ2) is 6.13. The zero-order valence-electron chi connectivity index (χ0n) is 16.4. The Morgan fingerprint density at radius 3 is 2.83 bits per heavy atom. The van der Waals surface area contributed by atoms with Gasteiger partial charge in [-0.15, -0.1) is 0 Å². The summed E-state index contributed by atoms with van der Waals surface area (Å²) in [6.07, 6.45) is 4.88. The molecule has 148 valence electrons. The van der Waals surface area contributed by atoms with Crippen LogP contribution >= 0.6 is 0 Å². The molecule has 1 aromatic carbocycles. The first-order chi connectivity index (χ1) is 14.2. The number of aromatic nitrogens is 2. The van der Waals surface area contributed by atoms with E-state index >= 15 is 0 Å². The van der Waals surface area contributed by atoms with Crippen molar-refractivity contribution in [3.8, 4) is 11.3 Å². The molecule has 29 heavy (non-hydrogen) atoms. The molecule has 3 aromatic rings. The van der Waals surface area contributed by atoms with Crippen molar-refractivity contribution in [3.63, 3.8) is 0 Å². The number of hydrogen-bond acceptors (Lipinski definition) is 5. The molecule has 2 aromatic heterocycles. The molecule has 6 nitrogen and oxygen atoms in total. The molecule has 0 radical (unpaired) electrons. The minimum atomic E-state index is -0.0671. The van der Waals surface area contributed by atoms with E-state index in [-0.39, 0.29) is 17.4 Å². The molecule has 2 saturated carbocycles. The number of benzene rings is 1. The number of aryl methyl sites for hydroxylation is 1. The standard InChI is InChI=1S/C23H23N3O3/c1-13-18-16(12-17(24-22(18)29-26-13)14-6-3-2-4-7-14)21(27)25-19-15-8-11-28-20(15)23(19)9-5-10-23/h2-4,6-7,12,15,19-20H,5,8-11H2,1H3,(H,25,27). The summed E-state index contributed by atoms with van der Waals surface area (Å²) in [7, 11) is 0. The Labute approximate surface area is 168 Å². The fraction of sp³-hybridized carbons (Fsp3) is 0.435. The Bertz CT molecular complexity index is 1100. The Morgan fingerprint density at radius 1 is 1.24 bits per heavy atom. The fourth-order valence-corrected chi connectivity index (χ4v) is 5.71. The van der Waals surface area contributed by atoms with Gasteiger partial charge in [-0.3, -0.25) is 4.79 Å². The van der Waals surface area contributed by atoms with Crippen LogP contribution in [0.15, 0.2) is 40.9 Å². The van der Waals surface area contributed by atoms with Crippen LogP contribution in [0.5, 0.6) is 0 Å². The van der Waals surface area contributed by atoms with Gasteiger partial charge >= 0.3 is 0 Å². The molecule has 6 heteroatoms. The van der Waals surface area contributed by atoms with Crippen LogP contribution in [0.3, 0.4) is 0 Å². The summed E-state index contributed by atoms with van der Waals surface area (Å²) >= 11 is 0. The number of ether oxygens (including phenoxy) is 1. The van der Waals surface area contributed by atoms with Gasteiger partial charge in [0, 0.05) is 29.5 Å². The van der Waals surface area contributed by atoms with Crippen LogP contribution in [0.2, 0.25) is 0 Å². The number of hydrogen-bond donors (Lipinski definition) is 1. The van der Waals surface area contributed by atoms with Crippen molar-refractivity contribution >= 4 is 17.0 Å². The van der Waals surface area contributed by atoms with Crippen LogP contribution in [0.25, 0.3) is 22.4 Å². The SMILES string of the molecule is Cc1noc2nc(-c3ccccc3)cc(C(=O)NC3C4CCOC4C34CCC4)c12. The lowest BCUT2D eigenvalue weighted by atomic mass is 9.46. The first-order valence-electron chi connectivity index (χ1n) is 10.4. The number of rotatable bonds is 3. The highest BCUT2D eigenvalue weighted by molar-refractivity contribution is 6.07. The lowest BCUT2D eigenvalue weighted by molar-refractivity contribution is -0.172. The van der Waals surface area contributed by atoms with Crippen LogP contribution in [-0.2, 0) is 4.74 Å². The Balaban J connectivity index is 1.39. The van der Waals surface area contributed by atoms with Gasteiger partial charge in [0.05, 0.1) is 28.4 Å². The molecule has 6 rings (SSSR count). The molecule has 2 aliphatic carbocycles. The molecule has 3 unspecified atom stereocenters. The first kappa shape index (κ1) is 17.2. The van der Waals surface area contributed by atoms with Crippen LogP contribution < -0.4 is 5.32 Å². The summed E-state index contributed by atoms with van der Waals surface area (Å²) in [6.45, 7) is 2.66. The Morgan fingerprint density at radius 2 is 2.07 bits per heavy atom. The molecule has 1 spiro atoms. The maximum absolute atomic E-state index is 13.5. The average Bonchev–Trinajstić information content (AvgIpc) is 3.30. The average molecular weight is 389 g/mol. The van der Waals surface area contributed by atoms with E-state index in [9.17, 15) is 4.79 Å². The fourth-order valence-electron chi connectivity index (χ4n) is 5.71. The van der Waals surface area contributed by atoms with Crippen LogP contribution in [0.1, 0.15) is 41.7 Å². The molecule has 1 N–H and O–H groups in total.